The maximum atomic E-state index is 14.1. The first-order valence-corrected chi connectivity index (χ1v) is 21.5. The van der Waals surface area contributed by atoms with E-state index in [-0.39, 0.29) is 28.8 Å². The zero-order valence-corrected chi connectivity index (χ0v) is 37.3. The quantitative estimate of drug-likeness (QED) is 0.0758. The van der Waals surface area contributed by atoms with Gasteiger partial charge in [-0.25, -0.2) is 19.4 Å². The van der Waals surface area contributed by atoms with Crippen LogP contribution in [0.5, 0.6) is 5.75 Å². The minimum absolute atomic E-state index is 0.00576. The largest absolute Gasteiger partial charge is 0.497 e. The number of carbonyl (C=O) groups excluding carboxylic acids is 5. The Balaban J connectivity index is 1.40. The van der Waals surface area contributed by atoms with Crippen LogP contribution in [0.25, 0.3) is 0 Å². The minimum atomic E-state index is -1.64. The lowest BCUT2D eigenvalue weighted by atomic mass is 10.00. The number of anilines is 1. The number of carbonyl (C=O) groups is 5. The number of oxime groups is 1. The molecule has 3 atom stereocenters. The van der Waals surface area contributed by atoms with E-state index in [2.05, 4.69) is 39.5 Å². The molecule has 2 N–H and O–H groups in total. The second-order valence-corrected chi connectivity index (χ2v) is 19.3. The summed E-state index contributed by atoms with van der Waals surface area (Å²) in [6.45, 7) is 18.9. The maximum Gasteiger partial charge on any atom is 0.413 e. The third-order valence-corrected chi connectivity index (χ3v) is 11.6. The molecule has 1 unspecified atom stereocenters. The van der Waals surface area contributed by atoms with E-state index in [1.165, 1.54) is 35.9 Å². The van der Waals surface area contributed by atoms with Crippen molar-refractivity contribution in [2.45, 2.75) is 123 Å². The van der Waals surface area contributed by atoms with Gasteiger partial charge in [-0.15, -0.1) is 23.1 Å². The van der Waals surface area contributed by atoms with Crippen molar-refractivity contribution in [2.75, 3.05) is 31.3 Å². The van der Waals surface area contributed by atoms with Gasteiger partial charge in [-0.1, -0.05) is 31.1 Å². The van der Waals surface area contributed by atoms with Crippen LogP contribution in [-0.4, -0.2) is 111 Å². The highest BCUT2D eigenvalue weighted by Crippen LogP contribution is 2.42. The summed E-state index contributed by atoms with van der Waals surface area (Å²) in [7, 11) is 1.57. The Morgan fingerprint density at radius 3 is 2.31 bits per heavy atom. The lowest BCUT2D eigenvalue weighted by Gasteiger charge is -2.50. The number of aromatic nitrogens is 1. The molecule has 0 saturated carbocycles. The van der Waals surface area contributed by atoms with Crippen molar-refractivity contribution in [3.63, 3.8) is 0 Å². The topological polar surface area (TPSA) is 187 Å². The summed E-state index contributed by atoms with van der Waals surface area (Å²) in [6, 6.07) is 6.43. The normalized spacial score (nSPS) is 20.1. The first-order valence-electron chi connectivity index (χ1n) is 19.5. The molecule has 2 aromatic rings. The van der Waals surface area contributed by atoms with Crippen molar-refractivity contribution in [1.82, 2.24) is 20.1 Å². The molecule has 322 valence electrons. The van der Waals surface area contributed by atoms with Crippen LogP contribution in [0.15, 0.2) is 46.1 Å². The van der Waals surface area contributed by atoms with Crippen molar-refractivity contribution in [3.8, 4) is 5.75 Å². The molecule has 2 fully saturated rings. The number of rotatable bonds is 14. The summed E-state index contributed by atoms with van der Waals surface area (Å²) < 4.78 is 21.9. The van der Waals surface area contributed by atoms with E-state index in [4.69, 9.17) is 23.8 Å². The highest BCUT2D eigenvalue weighted by molar-refractivity contribution is 8.00. The van der Waals surface area contributed by atoms with Crippen LogP contribution in [-0.2, 0) is 44.8 Å². The van der Waals surface area contributed by atoms with Crippen molar-refractivity contribution >= 4 is 63.8 Å². The molecule has 1 aromatic carbocycles. The van der Waals surface area contributed by atoms with Gasteiger partial charge in [0, 0.05) is 23.7 Å². The summed E-state index contributed by atoms with van der Waals surface area (Å²) in [6.07, 6.45) is 1.34. The molecular formula is C41H56N6O10S2. The Labute approximate surface area is 353 Å². The average Bonchev–Trinajstić information content (AvgIpc) is 3.81. The molecule has 59 heavy (non-hydrogen) atoms. The zero-order valence-electron chi connectivity index (χ0n) is 35.6. The van der Waals surface area contributed by atoms with E-state index in [0.29, 0.717) is 30.0 Å². The van der Waals surface area contributed by atoms with E-state index in [1.807, 2.05) is 0 Å². The molecular weight excluding hydrogens is 801 g/mol. The van der Waals surface area contributed by atoms with Gasteiger partial charge < -0.3 is 29.1 Å². The van der Waals surface area contributed by atoms with Crippen LogP contribution < -0.4 is 15.4 Å². The number of β-lactam (4-membered cyclic amide) rings is 1. The number of amides is 3. The number of benzene rings is 1. The van der Waals surface area contributed by atoms with Crippen LogP contribution in [0.4, 0.5) is 9.93 Å². The second kappa shape index (κ2) is 18.3. The van der Waals surface area contributed by atoms with Crippen molar-refractivity contribution < 1.29 is 47.8 Å². The second-order valence-electron chi connectivity index (χ2n) is 17.4. The standard InChI is InChI=1S/C41H56N6O10S2/c1-23(2)28-13-12-18-46(28)19-25-21-58-34-30(33(49)47(34)31(25)35(50)54-20-24-14-16-26(53-11)17-15-24)43-32(48)29(45-57-41(9,10)36(51)55-39(3,4)5)27-22-59-37(42-27)44-38(52)56-40(6,7)8/h14-17,22-23,28,30,34H,12-13,18-21H2,1-11H3,(H,43,48)(H,42,44,52)/b45-29-/t28?,30-,34-/m1/s1. The Kier molecular flexibility index (Phi) is 14.1. The van der Waals surface area contributed by atoms with Gasteiger partial charge in [0.25, 0.3) is 11.8 Å². The van der Waals surface area contributed by atoms with E-state index >= 15 is 0 Å². The molecule has 0 spiro atoms. The Hall–Kier alpha value is -4.68. The summed E-state index contributed by atoms with van der Waals surface area (Å²) in [4.78, 5) is 81.5. The first kappa shape index (κ1) is 45.4. The molecule has 16 nitrogen and oxygen atoms in total. The highest BCUT2D eigenvalue weighted by Gasteiger charge is 2.55. The van der Waals surface area contributed by atoms with Crippen LogP contribution in [0.3, 0.4) is 0 Å². The van der Waals surface area contributed by atoms with Crippen LogP contribution in [0.1, 0.15) is 93.3 Å². The van der Waals surface area contributed by atoms with E-state index in [0.717, 1.165) is 41.9 Å². The monoisotopic (exact) mass is 856 g/mol. The lowest BCUT2D eigenvalue weighted by Crippen LogP contribution is -2.71. The fourth-order valence-electron chi connectivity index (χ4n) is 6.62. The van der Waals surface area contributed by atoms with Gasteiger partial charge in [0.05, 0.1) is 7.11 Å². The Morgan fingerprint density at radius 2 is 1.68 bits per heavy atom. The molecule has 0 aliphatic carbocycles. The van der Waals surface area contributed by atoms with Crippen molar-refractivity contribution in [1.29, 1.82) is 0 Å². The van der Waals surface area contributed by atoms with Gasteiger partial charge in [0.15, 0.2) is 10.8 Å². The molecule has 3 aliphatic heterocycles. The zero-order chi connectivity index (χ0) is 43.4. The SMILES string of the molecule is COc1ccc(COC(=O)C2=C(CN3CCCC3C(C)C)CS[C@@H]3[C@H](NC(=O)/C(=N\OC(C)(C)C(=O)OC(C)(C)C)c4csc(NC(=O)OC(C)(C)C)n4)C(=O)N23)cc1. The lowest BCUT2D eigenvalue weighted by molar-refractivity contribution is -0.179. The van der Waals surface area contributed by atoms with Gasteiger partial charge in [-0.3, -0.25) is 24.7 Å². The van der Waals surface area contributed by atoms with E-state index in [9.17, 15) is 24.0 Å². The van der Waals surface area contributed by atoms with Gasteiger partial charge in [-0.05, 0) is 104 Å². The minimum Gasteiger partial charge on any atom is -0.497 e. The third kappa shape index (κ3) is 11.5. The summed E-state index contributed by atoms with van der Waals surface area (Å²) in [5, 5.41) is 10.3. The van der Waals surface area contributed by atoms with Crippen LogP contribution >= 0.6 is 23.1 Å². The molecule has 5 rings (SSSR count). The number of methoxy groups -OCH3 is 1. The number of hydrogen-bond acceptors (Lipinski definition) is 15. The number of esters is 2. The predicted octanol–water partition coefficient (Wildman–Crippen LogP) is 5.86. The van der Waals surface area contributed by atoms with Crippen LogP contribution in [0, 0.1) is 5.92 Å². The molecule has 18 heteroatoms. The van der Waals surface area contributed by atoms with Gasteiger partial charge in [-0.2, -0.15) is 0 Å². The number of likely N-dealkylation sites (tertiary alicyclic amines) is 1. The number of hydrogen-bond donors (Lipinski definition) is 2. The van der Waals surface area contributed by atoms with Crippen LogP contribution in [0.2, 0.25) is 0 Å². The van der Waals surface area contributed by atoms with Crippen molar-refractivity contribution in [2.24, 2.45) is 11.1 Å². The van der Waals surface area contributed by atoms with E-state index in [1.54, 1.807) is 72.9 Å². The van der Waals surface area contributed by atoms with Gasteiger partial charge >= 0.3 is 18.0 Å². The summed E-state index contributed by atoms with van der Waals surface area (Å²) >= 11 is 2.43. The van der Waals surface area contributed by atoms with E-state index < -0.39 is 58.1 Å². The predicted molar refractivity (Wildman–Crippen MR) is 224 cm³/mol. The fraction of sp³-hybridized carbons (Fsp3) is 0.585. The number of thiazole rings is 1. The molecule has 2 saturated heterocycles. The maximum absolute atomic E-state index is 14.1. The Morgan fingerprint density at radius 1 is 1.00 bits per heavy atom. The van der Waals surface area contributed by atoms with Gasteiger partial charge in [0.2, 0.25) is 5.60 Å². The number of fused-ring (bicyclic) bond motifs is 1. The first-order chi connectivity index (χ1) is 27.6. The van der Waals surface area contributed by atoms with Gasteiger partial charge in [0.1, 0.15) is 46.4 Å². The molecule has 0 radical (unpaired) electrons. The smallest absolute Gasteiger partial charge is 0.413 e. The third-order valence-electron chi connectivity index (χ3n) is 9.46. The molecule has 3 amide bonds. The Bertz CT molecular complexity index is 1960. The molecule has 4 heterocycles. The average molecular weight is 857 g/mol. The molecule has 3 aliphatic rings. The molecule has 0 bridgehead atoms. The highest BCUT2D eigenvalue weighted by atomic mass is 32.2. The number of nitrogens with zero attached hydrogens (tertiary/aromatic N) is 4. The molecule has 1 aromatic heterocycles. The summed E-state index contributed by atoms with van der Waals surface area (Å²) in [5.41, 5.74) is -1.90. The van der Waals surface area contributed by atoms with Crippen molar-refractivity contribution in [3.05, 3.63) is 52.2 Å². The number of thioether (sulfide) groups is 1. The number of nitrogens with one attached hydrogen (secondary N) is 2. The summed E-state index contributed by atoms with van der Waals surface area (Å²) in [5.74, 6) is -1.21. The fourth-order valence-corrected chi connectivity index (χ4v) is 8.64. The number of ether oxygens (including phenoxy) is 4.